The Kier molecular flexibility index (Phi) is 3.31. The number of nitriles is 1. The van der Waals surface area contributed by atoms with Crippen molar-refractivity contribution in [3.8, 4) is 6.07 Å². The van der Waals surface area contributed by atoms with Crippen LogP contribution in [0, 0.1) is 11.3 Å². The maximum absolute atomic E-state index is 12.2. The van der Waals surface area contributed by atoms with E-state index in [1.807, 2.05) is 18.2 Å². The highest BCUT2D eigenvalue weighted by molar-refractivity contribution is 6.03. The number of amides is 1. The van der Waals surface area contributed by atoms with Crippen molar-refractivity contribution in [3.05, 3.63) is 59.8 Å². The molecular weight excluding hydrogens is 266 g/mol. The predicted octanol–water partition coefficient (Wildman–Crippen LogP) is 2.05. The third kappa shape index (κ3) is 2.58. The Hall–Kier alpha value is -3.20. The molecule has 1 N–H and O–H groups in total. The summed E-state index contributed by atoms with van der Waals surface area (Å²) in [6.07, 6.45) is 2.05. The highest BCUT2D eigenvalue weighted by Crippen LogP contribution is 2.11. The highest BCUT2D eigenvalue weighted by atomic mass is 16.1. The van der Waals surface area contributed by atoms with Crippen LogP contribution in [-0.2, 0) is 6.42 Å². The van der Waals surface area contributed by atoms with Crippen LogP contribution in [0.3, 0.4) is 0 Å². The lowest BCUT2D eigenvalue weighted by molar-refractivity contribution is 0.102. The number of anilines is 1. The quantitative estimate of drug-likeness (QED) is 0.794. The summed E-state index contributed by atoms with van der Waals surface area (Å²) in [5.74, 6) is 0.0780. The molecule has 0 bridgehead atoms. The van der Waals surface area contributed by atoms with Crippen molar-refractivity contribution in [1.82, 2.24) is 14.6 Å². The van der Waals surface area contributed by atoms with Gasteiger partial charge in [-0.25, -0.2) is 0 Å². The molecule has 2 heterocycles. The lowest BCUT2D eigenvalue weighted by atomic mass is 10.1. The molecule has 1 aromatic carbocycles. The average molecular weight is 277 g/mol. The van der Waals surface area contributed by atoms with Gasteiger partial charge in [0.15, 0.2) is 5.65 Å². The molecule has 6 nitrogen and oxygen atoms in total. The molecule has 0 aliphatic carbocycles. The molecule has 1 amide bonds. The Morgan fingerprint density at radius 2 is 2.14 bits per heavy atom. The Bertz CT molecular complexity index is 846. The summed E-state index contributed by atoms with van der Waals surface area (Å²) in [4.78, 5) is 12.2. The van der Waals surface area contributed by atoms with Crippen molar-refractivity contribution in [3.63, 3.8) is 0 Å². The third-order valence-corrected chi connectivity index (χ3v) is 3.01. The van der Waals surface area contributed by atoms with Crippen molar-refractivity contribution in [2.24, 2.45) is 0 Å². The SMILES string of the molecule is N#CCc1cccc(C(=O)Nc2nnc3ccccn23)c1. The van der Waals surface area contributed by atoms with E-state index in [2.05, 4.69) is 21.6 Å². The Balaban J connectivity index is 1.86. The van der Waals surface area contributed by atoms with Gasteiger partial charge in [-0.1, -0.05) is 18.2 Å². The first-order chi connectivity index (χ1) is 10.3. The normalized spacial score (nSPS) is 10.2. The number of nitrogens with zero attached hydrogens (tertiary/aromatic N) is 4. The molecule has 6 heteroatoms. The zero-order valence-electron chi connectivity index (χ0n) is 11.0. The number of aromatic nitrogens is 3. The van der Waals surface area contributed by atoms with Crippen LogP contribution in [0.5, 0.6) is 0 Å². The second-order valence-electron chi connectivity index (χ2n) is 4.44. The number of fused-ring (bicyclic) bond motifs is 1. The van der Waals surface area contributed by atoms with Crippen LogP contribution in [0.2, 0.25) is 0 Å². The molecule has 0 atom stereocenters. The van der Waals surface area contributed by atoms with Gasteiger partial charge in [0.05, 0.1) is 12.5 Å². The number of benzene rings is 1. The van der Waals surface area contributed by atoms with Gasteiger partial charge in [0, 0.05) is 11.8 Å². The average Bonchev–Trinajstić information content (AvgIpc) is 2.91. The maximum atomic E-state index is 12.2. The van der Waals surface area contributed by atoms with Gasteiger partial charge in [-0.3, -0.25) is 14.5 Å². The molecule has 102 valence electrons. The van der Waals surface area contributed by atoms with Gasteiger partial charge in [0.25, 0.3) is 5.91 Å². The minimum absolute atomic E-state index is 0.273. The van der Waals surface area contributed by atoms with Crippen LogP contribution in [-0.4, -0.2) is 20.5 Å². The van der Waals surface area contributed by atoms with Gasteiger partial charge in [-0.15, -0.1) is 10.2 Å². The van der Waals surface area contributed by atoms with E-state index in [0.29, 0.717) is 17.2 Å². The number of pyridine rings is 1. The number of nitrogens with one attached hydrogen (secondary N) is 1. The molecule has 0 aliphatic heterocycles. The Morgan fingerprint density at radius 3 is 3.00 bits per heavy atom. The van der Waals surface area contributed by atoms with Crippen molar-refractivity contribution in [2.75, 3.05) is 5.32 Å². The molecule has 0 aliphatic rings. The van der Waals surface area contributed by atoms with E-state index in [9.17, 15) is 4.79 Å². The van der Waals surface area contributed by atoms with E-state index in [-0.39, 0.29) is 12.3 Å². The monoisotopic (exact) mass is 277 g/mol. The molecule has 21 heavy (non-hydrogen) atoms. The summed E-state index contributed by atoms with van der Waals surface area (Å²) in [7, 11) is 0. The molecule has 0 saturated heterocycles. The molecule has 3 rings (SSSR count). The van der Waals surface area contributed by atoms with Crippen molar-refractivity contribution in [1.29, 1.82) is 5.26 Å². The summed E-state index contributed by atoms with van der Waals surface area (Å²) >= 11 is 0. The van der Waals surface area contributed by atoms with E-state index in [1.165, 1.54) is 0 Å². The minimum Gasteiger partial charge on any atom is -0.290 e. The first kappa shape index (κ1) is 12.8. The van der Waals surface area contributed by atoms with Gasteiger partial charge in [-0.05, 0) is 29.8 Å². The van der Waals surface area contributed by atoms with Gasteiger partial charge >= 0.3 is 0 Å². The molecule has 0 radical (unpaired) electrons. The van der Waals surface area contributed by atoms with E-state index in [0.717, 1.165) is 5.56 Å². The van der Waals surface area contributed by atoms with Gasteiger partial charge in [0.2, 0.25) is 5.95 Å². The molecule has 0 saturated carbocycles. The summed E-state index contributed by atoms with van der Waals surface area (Å²) in [5, 5.41) is 19.3. The largest absolute Gasteiger partial charge is 0.290 e. The molecule has 2 aromatic heterocycles. The zero-order chi connectivity index (χ0) is 14.7. The zero-order valence-corrected chi connectivity index (χ0v) is 11.0. The van der Waals surface area contributed by atoms with Crippen LogP contribution >= 0.6 is 0 Å². The lowest BCUT2D eigenvalue weighted by Crippen LogP contribution is -2.14. The second-order valence-corrected chi connectivity index (χ2v) is 4.44. The molecule has 0 fully saturated rings. The molecule has 0 unspecified atom stereocenters. The lowest BCUT2D eigenvalue weighted by Gasteiger charge is -2.04. The Morgan fingerprint density at radius 1 is 1.24 bits per heavy atom. The van der Waals surface area contributed by atoms with Crippen molar-refractivity contribution < 1.29 is 4.79 Å². The Labute approximate surface area is 120 Å². The van der Waals surface area contributed by atoms with Crippen molar-refractivity contribution in [2.45, 2.75) is 6.42 Å². The number of hydrogen-bond donors (Lipinski definition) is 1. The topological polar surface area (TPSA) is 83.1 Å². The summed E-state index contributed by atoms with van der Waals surface area (Å²) in [5.41, 5.74) is 1.94. The van der Waals surface area contributed by atoms with E-state index in [1.54, 1.807) is 34.9 Å². The first-order valence-corrected chi connectivity index (χ1v) is 6.35. The maximum Gasteiger partial charge on any atom is 0.258 e. The molecular formula is C15H11N5O. The third-order valence-electron chi connectivity index (χ3n) is 3.01. The van der Waals surface area contributed by atoms with E-state index < -0.39 is 0 Å². The number of carbonyl (C=O) groups excluding carboxylic acids is 1. The second kappa shape index (κ2) is 5.43. The van der Waals surface area contributed by atoms with Gasteiger partial charge in [-0.2, -0.15) is 5.26 Å². The summed E-state index contributed by atoms with van der Waals surface area (Å²) in [6.45, 7) is 0. The van der Waals surface area contributed by atoms with Crippen LogP contribution in [0.25, 0.3) is 5.65 Å². The van der Waals surface area contributed by atoms with Crippen molar-refractivity contribution >= 4 is 17.5 Å². The van der Waals surface area contributed by atoms with Crippen LogP contribution < -0.4 is 5.32 Å². The standard InChI is InChI=1S/C15H11N5O/c16-8-7-11-4-3-5-12(10-11)14(21)17-15-19-18-13-6-1-2-9-20(13)15/h1-6,9-10H,7H2,(H,17,19,21). The number of hydrogen-bond acceptors (Lipinski definition) is 4. The smallest absolute Gasteiger partial charge is 0.258 e. The number of rotatable bonds is 3. The van der Waals surface area contributed by atoms with Crippen LogP contribution in [0.15, 0.2) is 48.7 Å². The fourth-order valence-electron chi connectivity index (χ4n) is 2.01. The van der Waals surface area contributed by atoms with Gasteiger partial charge in [0.1, 0.15) is 0 Å². The minimum atomic E-state index is -0.284. The van der Waals surface area contributed by atoms with Crippen LogP contribution in [0.4, 0.5) is 5.95 Å². The molecule has 3 aromatic rings. The fraction of sp³-hybridized carbons (Fsp3) is 0.0667. The molecule has 0 spiro atoms. The number of carbonyl (C=O) groups is 1. The first-order valence-electron chi connectivity index (χ1n) is 6.35. The van der Waals surface area contributed by atoms with E-state index in [4.69, 9.17) is 5.26 Å². The summed E-state index contributed by atoms with van der Waals surface area (Å²) < 4.78 is 1.69. The van der Waals surface area contributed by atoms with Crippen LogP contribution in [0.1, 0.15) is 15.9 Å². The van der Waals surface area contributed by atoms with Gasteiger partial charge < -0.3 is 0 Å². The van der Waals surface area contributed by atoms with E-state index >= 15 is 0 Å². The predicted molar refractivity (Wildman–Crippen MR) is 76.7 cm³/mol. The highest BCUT2D eigenvalue weighted by Gasteiger charge is 2.11. The fourth-order valence-corrected chi connectivity index (χ4v) is 2.01. The summed E-state index contributed by atoms with van der Waals surface area (Å²) in [6, 6.07) is 14.5.